The molecule has 2 aliphatic carbocycles. The number of benzene rings is 1. The molecule has 1 aromatic rings. The summed E-state index contributed by atoms with van der Waals surface area (Å²) in [6.45, 7) is 0.801. The Balaban J connectivity index is 1.40. The van der Waals surface area contributed by atoms with Crippen molar-refractivity contribution in [3.63, 3.8) is 0 Å². The Morgan fingerprint density at radius 3 is 2.61 bits per heavy atom. The van der Waals surface area contributed by atoms with Crippen LogP contribution in [-0.2, 0) is 4.74 Å². The van der Waals surface area contributed by atoms with Crippen LogP contribution in [0, 0.1) is 12.3 Å². The first kappa shape index (κ1) is 15.9. The lowest BCUT2D eigenvalue weighted by molar-refractivity contribution is 0.210. The van der Waals surface area contributed by atoms with E-state index < -0.39 is 0 Å². The van der Waals surface area contributed by atoms with Gasteiger partial charge in [-0.2, -0.15) is 0 Å². The molecule has 2 heteroatoms. The standard InChI is InChI=1S/C21H25O2/c1-2-11-20(12-3-1)23-21-14-6-13-19(15-16-21)22-17-7-10-18-8-4-5-9-18/h1-3,6,11-16,18H,4-5,7-10,17H2. The molecule has 0 aliphatic heterocycles. The molecule has 0 heterocycles. The van der Waals surface area contributed by atoms with Crippen LogP contribution in [0.5, 0.6) is 5.75 Å². The average Bonchev–Trinajstić information content (AvgIpc) is 3.00. The summed E-state index contributed by atoms with van der Waals surface area (Å²) in [6.07, 6.45) is 18.0. The molecule has 0 unspecified atom stereocenters. The second-order valence-corrected chi connectivity index (χ2v) is 6.22. The Bertz CT molecular complexity index is 563. The lowest BCUT2D eigenvalue weighted by Gasteiger charge is -2.10. The zero-order valence-corrected chi connectivity index (χ0v) is 13.6. The molecule has 0 saturated heterocycles. The van der Waals surface area contributed by atoms with Crippen LogP contribution in [0.3, 0.4) is 0 Å². The van der Waals surface area contributed by atoms with E-state index in [0.29, 0.717) is 0 Å². The summed E-state index contributed by atoms with van der Waals surface area (Å²) in [7, 11) is 0. The van der Waals surface area contributed by atoms with Gasteiger partial charge in [0.15, 0.2) is 0 Å². The largest absolute Gasteiger partial charge is 0.494 e. The van der Waals surface area contributed by atoms with E-state index in [4.69, 9.17) is 9.47 Å². The number of ether oxygens (including phenoxy) is 2. The molecule has 0 bridgehead atoms. The molecule has 3 rings (SSSR count). The van der Waals surface area contributed by atoms with Crippen molar-refractivity contribution in [2.45, 2.75) is 38.5 Å². The van der Waals surface area contributed by atoms with E-state index in [9.17, 15) is 0 Å². The lowest BCUT2D eigenvalue weighted by atomic mass is 10.0. The maximum Gasteiger partial charge on any atom is 0.126 e. The Morgan fingerprint density at radius 1 is 0.957 bits per heavy atom. The fraction of sp³-hybridized carbons (Fsp3) is 0.381. The Morgan fingerprint density at radius 2 is 1.78 bits per heavy atom. The zero-order chi connectivity index (χ0) is 15.7. The zero-order valence-electron chi connectivity index (χ0n) is 13.6. The molecule has 0 amide bonds. The van der Waals surface area contributed by atoms with Crippen molar-refractivity contribution >= 4 is 0 Å². The van der Waals surface area contributed by atoms with Gasteiger partial charge in [-0.15, -0.1) is 0 Å². The molecule has 1 radical (unpaired) electrons. The summed E-state index contributed by atoms with van der Waals surface area (Å²) in [6, 6.07) is 9.82. The summed E-state index contributed by atoms with van der Waals surface area (Å²) < 4.78 is 11.7. The Kier molecular flexibility index (Phi) is 5.96. The minimum absolute atomic E-state index is 0.801. The monoisotopic (exact) mass is 309 g/mol. The fourth-order valence-electron chi connectivity index (χ4n) is 3.16. The minimum atomic E-state index is 0.801. The lowest BCUT2D eigenvalue weighted by Crippen LogP contribution is -1.99. The SMILES string of the molecule is [CH]1C=C(OCCCC2CCCC2)C=CC=C1Oc1ccccc1. The molecule has 0 spiro atoms. The van der Waals surface area contributed by atoms with Gasteiger partial charge in [0.2, 0.25) is 0 Å². The van der Waals surface area contributed by atoms with Gasteiger partial charge in [-0.05, 0) is 49.1 Å². The predicted octanol–water partition coefficient (Wildman–Crippen LogP) is 5.59. The van der Waals surface area contributed by atoms with E-state index in [0.717, 1.165) is 36.2 Å². The molecule has 2 nitrogen and oxygen atoms in total. The van der Waals surface area contributed by atoms with Gasteiger partial charge < -0.3 is 9.47 Å². The third kappa shape index (κ3) is 5.31. The second-order valence-electron chi connectivity index (χ2n) is 6.22. The molecule has 1 fully saturated rings. The number of rotatable bonds is 7. The van der Waals surface area contributed by atoms with Gasteiger partial charge in [0, 0.05) is 0 Å². The number of hydrogen-bond acceptors (Lipinski definition) is 2. The highest BCUT2D eigenvalue weighted by Gasteiger charge is 2.14. The third-order valence-corrected chi connectivity index (χ3v) is 4.41. The maximum absolute atomic E-state index is 5.88. The predicted molar refractivity (Wildman–Crippen MR) is 93.8 cm³/mol. The second kappa shape index (κ2) is 8.61. The summed E-state index contributed by atoms with van der Waals surface area (Å²) in [4.78, 5) is 0. The van der Waals surface area contributed by atoms with Gasteiger partial charge >= 0.3 is 0 Å². The number of para-hydroxylation sites is 1. The average molecular weight is 309 g/mol. The van der Waals surface area contributed by atoms with Gasteiger partial charge in [-0.1, -0.05) is 50.0 Å². The first-order valence-electron chi connectivity index (χ1n) is 8.69. The van der Waals surface area contributed by atoms with Crippen LogP contribution in [0.25, 0.3) is 0 Å². The fourth-order valence-corrected chi connectivity index (χ4v) is 3.16. The van der Waals surface area contributed by atoms with Crippen molar-refractivity contribution in [1.29, 1.82) is 0 Å². The summed E-state index contributed by atoms with van der Waals surface area (Å²) in [5.41, 5.74) is 0. The van der Waals surface area contributed by atoms with Crippen molar-refractivity contribution in [2.75, 3.05) is 6.61 Å². The molecule has 0 aromatic heterocycles. The number of hydrogen-bond donors (Lipinski definition) is 0. The molecular formula is C21H25O2. The molecule has 2 aliphatic rings. The molecule has 1 saturated carbocycles. The van der Waals surface area contributed by atoms with Crippen molar-refractivity contribution < 1.29 is 9.47 Å². The third-order valence-electron chi connectivity index (χ3n) is 4.41. The first-order chi connectivity index (χ1) is 11.4. The minimum Gasteiger partial charge on any atom is -0.494 e. The van der Waals surface area contributed by atoms with Crippen molar-refractivity contribution in [3.8, 4) is 5.75 Å². The first-order valence-corrected chi connectivity index (χ1v) is 8.69. The topological polar surface area (TPSA) is 18.5 Å². The summed E-state index contributed by atoms with van der Waals surface area (Å²) in [5, 5.41) is 0. The van der Waals surface area contributed by atoms with Crippen LogP contribution in [-0.4, -0.2) is 6.61 Å². The highest BCUT2D eigenvalue weighted by molar-refractivity contribution is 5.34. The van der Waals surface area contributed by atoms with Crippen molar-refractivity contribution in [2.24, 2.45) is 5.92 Å². The van der Waals surface area contributed by atoms with Gasteiger partial charge in [-0.25, -0.2) is 0 Å². The molecule has 23 heavy (non-hydrogen) atoms. The maximum atomic E-state index is 5.88. The van der Waals surface area contributed by atoms with E-state index >= 15 is 0 Å². The van der Waals surface area contributed by atoms with E-state index in [1.54, 1.807) is 0 Å². The van der Waals surface area contributed by atoms with Crippen LogP contribution >= 0.6 is 0 Å². The van der Waals surface area contributed by atoms with Gasteiger partial charge in [-0.3, -0.25) is 0 Å². The summed E-state index contributed by atoms with van der Waals surface area (Å²) >= 11 is 0. The van der Waals surface area contributed by atoms with E-state index in [-0.39, 0.29) is 0 Å². The van der Waals surface area contributed by atoms with Crippen LogP contribution in [0.1, 0.15) is 38.5 Å². The Hall–Kier alpha value is -1.96. The molecule has 121 valence electrons. The highest BCUT2D eigenvalue weighted by Crippen LogP contribution is 2.28. The van der Waals surface area contributed by atoms with Crippen LogP contribution < -0.4 is 4.74 Å². The normalized spacial score (nSPS) is 18.3. The van der Waals surface area contributed by atoms with Crippen LogP contribution in [0.4, 0.5) is 0 Å². The molecular weight excluding hydrogens is 284 g/mol. The van der Waals surface area contributed by atoms with E-state index in [2.05, 4.69) is 0 Å². The smallest absolute Gasteiger partial charge is 0.126 e. The molecule has 0 atom stereocenters. The summed E-state index contributed by atoms with van der Waals surface area (Å²) in [5.74, 6) is 3.51. The van der Waals surface area contributed by atoms with Crippen molar-refractivity contribution in [1.82, 2.24) is 0 Å². The quantitative estimate of drug-likeness (QED) is 0.611. The molecule has 0 N–H and O–H groups in total. The van der Waals surface area contributed by atoms with Gasteiger partial charge in [0.25, 0.3) is 0 Å². The Labute approximate surface area is 139 Å². The van der Waals surface area contributed by atoms with Crippen LogP contribution in [0.2, 0.25) is 0 Å². The highest BCUT2D eigenvalue weighted by atomic mass is 16.5. The van der Waals surface area contributed by atoms with Gasteiger partial charge in [0.1, 0.15) is 17.3 Å². The molecule has 1 aromatic carbocycles. The number of allylic oxidation sites excluding steroid dienone is 4. The van der Waals surface area contributed by atoms with E-state index in [1.165, 1.54) is 32.1 Å². The van der Waals surface area contributed by atoms with Crippen LogP contribution in [0.15, 0.2) is 66.2 Å². The van der Waals surface area contributed by atoms with E-state index in [1.807, 2.05) is 61.1 Å². The van der Waals surface area contributed by atoms with Gasteiger partial charge in [0.05, 0.1) is 13.0 Å². The van der Waals surface area contributed by atoms with Crippen molar-refractivity contribution in [3.05, 3.63) is 72.6 Å².